The van der Waals surface area contributed by atoms with Crippen LogP contribution in [0, 0.1) is 18.3 Å². The van der Waals surface area contributed by atoms with E-state index in [4.69, 9.17) is 5.26 Å². The Morgan fingerprint density at radius 3 is 2.60 bits per heavy atom. The molecule has 0 aliphatic carbocycles. The topological polar surface area (TPSA) is 105 Å². The Hall–Kier alpha value is -4.42. The zero-order valence-electron chi connectivity index (χ0n) is 19.0. The monoisotopic (exact) mass is 480 g/mol. The zero-order valence-corrected chi connectivity index (χ0v) is 19.8. The number of aryl methyl sites for hydroxylation is 1. The summed E-state index contributed by atoms with van der Waals surface area (Å²) in [4.78, 5) is 26.3. The predicted octanol–water partition coefficient (Wildman–Crippen LogP) is 4.33. The van der Waals surface area contributed by atoms with Crippen LogP contribution < -0.4 is 10.9 Å². The fourth-order valence-electron chi connectivity index (χ4n) is 3.80. The molecule has 172 valence electrons. The summed E-state index contributed by atoms with van der Waals surface area (Å²) in [6.45, 7) is 3.75. The highest BCUT2D eigenvalue weighted by Crippen LogP contribution is 2.27. The minimum Gasteiger partial charge on any atom is -0.325 e. The normalized spacial score (nSPS) is 11.9. The van der Waals surface area contributed by atoms with Crippen LogP contribution in [0.4, 0.5) is 5.69 Å². The van der Waals surface area contributed by atoms with Gasteiger partial charge in [-0.2, -0.15) is 5.26 Å². The molecule has 0 spiro atoms. The smallest absolute Gasteiger partial charge is 0.267 e. The molecule has 35 heavy (non-hydrogen) atoms. The molecule has 0 fully saturated rings. The number of hydrogen-bond donors (Lipinski definition) is 1. The number of nitrogens with one attached hydrogen (secondary N) is 1. The highest BCUT2D eigenvalue weighted by Gasteiger charge is 2.22. The third-order valence-electron chi connectivity index (χ3n) is 5.60. The van der Waals surface area contributed by atoms with Gasteiger partial charge in [0.1, 0.15) is 0 Å². The minimum atomic E-state index is -0.522. The number of carbonyl (C=O) groups excluding carboxylic acids is 1. The maximum Gasteiger partial charge on any atom is 0.267 e. The largest absolute Gasteiger partial charge is 0.325 e. The van der Waals surface area contributed by atoms with Crippen LogP contribution in [0.1, 0.15) is 18.1 Å². The highest BCUT2D eigenvalue weighted by atomic mass is 32.2. The molecular formula is C26H20N6O2S. The summed E-state index contributed by atoms with van der Waals surface area (Å²) in [5, 5.41) is 21.1. The van der Waals surface area contributed by atoms with E-state index in [-0.39, 0.29) is 11.5 Å². The van der Waals surface area contributed by atoms with Gasteiger partial charge < -0.3 is 5.32 Å². The zero-order chi connectivity index (χ0) is 24.5. The number of nitriles is 1. The van der Waals surface area contributed by atoms with Crippen molar-refractivity contribution in [3.8, 4) is 11.8 Å². The molecule has 3 aromatic carbocycles. The van der Waals surface area contributed by atoms with E-state index in [2.05, 4.69) is 21.6 Å². The molecular weight excluding hydrogens is 460 g/mol. The Bertz CT molecular complexity index is 1680. The maximum atomic E-state index is 13.4. The number of fused-ring (bicyclic) bond motifs is 3. The first-order chi connectivity index (χ1) is 17.0. The second-order valence-corrected chi connectivity index (χ2v) is 9.36. The van der Waals surface area contributed by atoms with Crippen molar-refractivity contribution in [2.45, 2.75) is 24.3 Å². The number of amides is 1. The van der Waals surface area contributed by atoms with Crippen molar-refractivity contribution in [3.63, 3.8) is 0 Å². The molecule has 0 saturated carbocycles. The van der Waals surface area contributed by atoms with Crippen molar-refractivity contribution in [2.24, 2.45) is 0 Å². The van der Waals surface area contributed by atoms with Crippen molar-refractivity contribution in [1.29, 1.82) is 5.26 Å². The number of carbonyl (C=O) groups is 1. The van der Waals surface area contributed by atoms with E-state index in [1.54, 1.807) is 41.7 Å². The maximum absolute atomic E-state index is 13.4. The second kappa shape index (κ2) is 9.08. The Morgan fingerprint density at radius 1 is 1.06 bits per heavy atom. The Morgan fingerprint density at radius 2 is 1.83 bits per heavy atom. The van der Waals surface area contributed by atoms with Crippen molar-refractivity contribution >= 4 is 40.0 Å². The van der Waals surface area contributed by atoms with Crippen molar-refractivity contribution in [3.05, 3.63) is 94.3 Å². The first kappa shape index (κ1) is 22.4. The molecule has 1 atom stereocenters. The molecule has 1 amide bonds. The minimum absolute atomic E-state index is 0.191. The lowest BCUT2D eigenvalue weighted by molar-refractivity contribution is -0.115. The lowest BCUT2D eigenvalue weighted by Crippen LogP contribution is -2.23. The molecule has 2 aromatic heterocycles. The Labute approximate surface area is 204 Å². The third kappa shape index (κ3) is 4.16. The summed E-state index contributed by atoms with van der Waals surface area (Å²) in [6, 6.07) is 23.7. The van der Waals surface area contributed by atoms with E-state index in [1.165, 1.54) is 16.3 Å². The molecule has 0 saturated heterocycles. The van der Waals surface area contributed by atoms with Crippen LogP contribution in [-0.4, -0.2) is 30.3 Å². The lowest BCUT2D eigenvalue weighted by Gasteiger charge is -2.13. The average Bonchev–Trinajstić information content (AvgIpc) is 3.28. The Balaban J connectivity index is 1.56. The molecule has 0 bridgehead atoms. The number of aromatic nitrogens is 4. The quantitative estimate of drug-likeness (QED) is 0.375. The van der Waals surface area contributed by atoms with Crippen LogP contribution >= 0.6 is 11.8 Å². The Kier molecular flexibility index (Phi) is 5.81. The first-order valence-corrected chi connectivity index (χ1v) is 11.8. The third-order valence-corrected chi connectivity index (χ3v) is 6.64. The van der Waals surface area contributed by atoms with Crippen LogP contribution in [-0.2, 0) is 4.79 Å². The van der Waals surface area contributed by atoms with Crippen LogP contribution in [0.15, 0.2) is 82.7 Å². The van der Waals surface area contributed by atoms with Crippen LogP contribution in [0.2, 0.25) is 0 Å². The first-order valence-electron chi connectivity index (χ1n) is 10.9. The van der Waals surface area contributed by atoms with Gasteiger partial charge in [0, 0.05) is 5.69 Å². The van der Waals surface area contributed by atoms with Gasteiger partial charge in [0.25, 0.3) is 5.56 Å². The predicted molar refractivity (Wildman–Crippen MR) is 136 cm³/mol. The molecule has 0 aliphatic rings. The van der Waals surface area contributed by atoms with Crippen molar-refractivity contribution in [1.82, 2.24) is 19.2 Å². The number of rotatable bonds is 5. The van der Waals surface area contributed by atoms with Gasteiger partial charge in [-0.3, -0.25) is 14.0 Å². The van der Waals surface area contributed by atoms with Gasteiger partial charge >= 0.3 is 0 Å². The molecule has 1 N–H and O–H groups in total. The summed E-state index contributed by atoms with van der Waals surface area (Å²) >= 11 is 1.24. The fraction of sp³-hybridized carbons (Fsp3) is 0.115. The lowest BCUT2D eigenvalue weighted by atomic mass is 10.2. The number of benzene rings is 3. The highest BCUT2D eigenvalue weighted by molar-refractivity contribution is 8.00. The van der Waals surface area contributed by atoms with E-state index in [1.807, 2.05) is 49.4 Å². The van der Waals surface area contributed by atoms with Gasteiger partial charge in [-0.15, -0.1) is 10.2 Å². The van der Waals surface area contributed by atoms with Gasteiger partial charge in [-0.25, -0.2) is 4.57 Å². The van der Waals surface area contributed by atoms with Crippen LogP contribution in [0.5, 0.6) is 0 Å². The number of anilines is 1. The summed E-state index contributed by atoms with van der Waals surface area (Å²) in [6.07, 6.45) is 0. The molecule has 2 heterocycles. The van der Waals surface area contributed by atoms with Gasteiger partial charge in [-0.1, -0.05) is 47.7 Å². The summed E-state index contributed by atoms with van der Waals surface area (Å²) in [7, 11) is 0. The fourth-order valence-corrected chi connectivity index (χ4v) is 4.66. The van der Waals surface area contributed by atoms with E-state index >= 15 is 0 Å². The van der Waals surface area contributed by atoms with Gasteiger partial charge in [-0.05, 0) is 56.3 Å². The average molecular weight is 481 g/mol. The number of nitrogens with zero attached hydrogens (tertiary/aromatic N) is 5. The van der Waals surface area contributed by atoms with E-state index in [0.717, 1.165) is 5.56 Å². The molecule has 9 heteroatoms. The molecule has 1 unspecified atom stereocenters. The number of para-hydroxylation sites is 1. The van der Waals surface area contributed by atoms with Crippen LogP contribution in [0.25, 0.3) is 22.4 Å². The molecule has 8 nitrogen and oxygen atoms in total. The van der Waals surface area contributed by atoms with E-state index < -0.39 is 5.25 Å². The summed E-state index contributed by atoms with van der Waals surface area (Å²) < 4.78 is 3.35. The number of thioether (sulfide) groups is 1. The number of hydrogen-bond acceptors (Lipinski definition) is 6. The van der Waals surface area contributed by atoms with Gasteiger partial charge in [0.2, 0.25) is 11.7 Å². The van der Waals surface area contributed by atoms with E-state index in [0.29, 0.717) is 38.8 Å². The summed E-state index contributed by atoms with van der Waals surface area (Å²) in [5.74, 6) is 0.132. The van der Waals surface area contributed by atoms with Gasteiger partial charge in [0.05, 0.1) is 33.5 Å². The summed E-state index contributed by atoms with van der Waals surface area (Å²) in [5.41, 5.74) is 3.25. The van der Waals surface area contributed by atoms with E-state index in [9.17, 15) is 9.59 Å². The van der Waals surface area contributed by atoms with Crippen molar-refractivity contribution in [2.75, 3.05) is 5.32 Å². The SMILES string of the molecule is Cc1ccc(-n2c(=O)c3ccccc3n3c(SC(C)C(=O)Nc4cccc(C#N)c4)nnc23)cc1. The standard InChI is InChI=1S/C26H20N6O2S/c1-16-10-12-20(13-11-16)31-24(34)21-8-3-4-9-22(21)32-25(31)29-30-26(32)35-17(2)23(33)28-19-7-5-6-18(14-19)15-27/h3-14,17H,1-2H3,(H,28,33). The van der Waals surface area contributed by atoms with Crippen LogP contribution in [0.3, 0.4) is 0 Å². The van der Waals surface area contributed by atoms with Gasteiger partial charge in [0.15, 0.2) is 5.16 Å². The molecule has 5 aromatic rings. The van der Waals surface area contributed by atoms with Crippen molar-refractivity contribution < 1.29 is 4.79 Å². The molecule has 0 aliphatic heterocycles. The molecule has 5 rings (SSSR count). The molecule has 0 radical (unpaired) electrons. The second-order valence-electron chi connectivity index (χ2n) is 8.05.